The number of amides is 2. The molecule has 0 aromatic heterocycles. The number of piperazine rings is 1. The Morgan fingerprint density at radius 1 is 1.03 bits per heavy atom. The maximum Gasteiger partial charge on any atom is 0.254 e. The van der Waals surface area contributed by atoms with Gasteiger partial charge in [0.2, 0.25) is 0 Å². The summed E-state index contributed by atoms with van der Waals surface area (Å²) in [6.45, 7) is 1.83. The highest BCUT2D eigenvalue weighted by molar-refractivity contribution is 6.30. The maximum atomic E-state index is 12.9. The number of anilines is 1. The summed E-state index contributed by atoms with van der Waals surface area (Å²) in [5.41, 5.74) is 1.21. The van der Waals surface area contributed by atoms with Gasteiger partial charge in [-0.15, -0.1) is 0 Å². The van der Waals surface area contributed by atoms with E-state index < -0.39 is 5.60 Å². The molecule has 2 heterocycles. The number of fused-ring (bicyclic) bond motifs is 1. The van der Waals surface area contributed by atoms with Crippen molar-refractivity contribution in [2.45, 2.75) is 31.1 Å². The lowest BCUT2D eigenvalue weighted by Gasteiger charge is -2.42. The molecule has 1 saturated carbocycles. The predicted molar refractivity (Wildman–Crippen MR) is 116 cm³/mol. The molecule has 3 aliphatic rings. The second kappa shape index (κ2) is 7.73. The van der Waals surface area contributed by atoms with E-state index in [2.05, 4.69) is 5.32 Å². The number of halogens is 1. The molecule has 0 bridgehead atoms. The van der Waals surface area contributed by atoms with E-state index in [1.165, 1.54) is 0 Å². The Balaban J connectivity index is 1.19. The van der Waals surface area contributed by atoms with Crippen LogP contribution in [0.2, 0.25) is 5.02 Å². The van der Waals surface area contributed by atoms with Crippen LogP contribution in [-0.4, -0.2) is 58.5 Å². The molecule has 2 aliphatic heterocycles. The molecule has 2 amide bonds. The van der Waals surface area contributed by atoms with Crippen molar-refractivity contribution in [1.29, 1.82) is 0 Å². The number of hydrogen-bond acceptors (Lipinski definition) is 5. The van der Waals surface area contributed by atoms with Crippen LogP contribution in [0.3, 0.4) is 0 Å². The normalized spacial score (nSPS) is 21.5. The lowest BCUT2D eigenvalue weighted by Crippen LogP contribution is -2.58. The molecule has 2 aromatic carbocycles. The maximum absolute atomic E-state index is 12.9. The van der Waals surface area contributed by atoms with Crippen molar-refractivity contribution in [2.24, 2.45) is 0 Å². The fraction of sp³-hybridized carbons (Fsp3) is 0.391. The zero-order chi connectivity index (χ0) is 21.6. The Bertz CT molecular complexity index is 1010. The molecular weight excluding hydrogens is 418 g/mol. The van der Waals surface area contributed by atoms with Crippen LogP contribution >= 0.6 is 11.6 Å². The van der Waals surface area contributed by atoms with Gasteiger partial charge in [-0.1, -0.05) is 23.7 Å². The molecule has 1 unspecified atom stereocenters. The fourth-order valence-electron chi connectivity index (χ4n) is 4.28. The average molecular weight is 442 g/mol. The predicted octanol–water partition coefficient (Wildman–Crippen LogP) is 3.04. The third-order valence-corrected chi connectivity index (χ3v) is 6.60. The van der Waals surface area contributed by atoms with Crippen molar-refractivity contribution in [3.63, 3.8) is 0 Å². The number of benzene rings is 2. The van der Waals surface area contributed by atoms with E-state index in [0.717, 1.165) is 17.7 Å². The first kappa shape index (κ1) is 20.2. The van der Waals surface area contributed by atoms with Crippen LogP contribution in [-0.2, 0) is 4.79 Å². The molecule has 162 valence electrons. The molecule has 0 radical (unpaired) electrons. The first-order valence-corrected chi connectivity index (χ1v) is 10.9. The molecule has 2 fully saturated rings. The summed E-state index contributed by atoms with van der Waals surface area (Å²) in [7, 11) is 0. The van der Waals surface area contributed by atoms with Crippen LogP contribution in [0.5, 0.6) is 5.75 Å². The minimum absolute atomic E-state index is 0.0589. The van der Waals surface area contributed by atoms with Crippen molar-refractivity contribution in [1.82, 2.24) is 9.80 Å². The van der Waals surface area contributed by atoms with Gasteiger partial charge in [0.25, 0.3) is 11.8 Å². The van der Waals surface area contributed by atoms with E-state index in [1.807, 2.05) is 18.2 Å². The van der Waals surface area contributed by atoms with Crippen LogP contribution < -0.4 is 10.1 Å². The van der Waals surface area contributed by atoms with Crippen molar-refractivity contribution >= 4 is 29.1 Å². The minimum Gasteiger partial charge on any atom is -0.464 e. The third kappa shape index (κ3) is 3.72. The molecular formula is C23H24ClN3O4. The van der Waals surface area contributed by atoms with Crippen molar-refractivity contribution in [3.05, 3.63) is 58.6 Å². The van der Waals surface area contributed by atoms with Crippen LogP contribution in [0.15, 0.2) is 42.5 Å². The number of aliphatic hydroxyl groups is 1. The third-order valence-electron chi connectivity index (χ3n) is 6.37. The highest BCUT2D eigenvalue weighted by Crippen LogP contribution is 2.39. The van der Waals surface area contributed by atoms with Crippen molar-refractivity contribution in [2.75, 3.05) is 31.5 Å². The molecule has 5 rings (SSSR count). The van der Waals surface area contributed by atoms with E-state index in [1.54, 1.807) is 34.1 Å². The quantitative estimate of drug-likeness (QED) is 0.765. The molecule has 1 saturated heterocycles. The SMILES string of the molecule is O=C(c1ccc(C2Nc3ccc(Cl)cc3O2)cc1)N1CCN(C(=O)C2(O)CCC2)CC1. The standard InChI is InChI=1S/C23H24ClN3O4/c24-17-6-7-18-19(14-17)31-20(25-18)15-2-4-16(5-3-15)21(28)26-10-12-27(13-11-26)22(29)23(30)8-1-9-23/h2-7,14,20,25,30H,1,8-13H2. The van der Waals surface area contributed by atoms with Gasteiger partial charge in [0.05, 0.1) is 5.69 Å². The van der Waals surface area contributed by atoms with Gasteiger partial charge in [0.1, 0.15) is 11.4 Å². The topological polar surface area (TPSA) is 82.1 Å². The Morgan fingerprint density at radius 3 is 2.35 bits per heavy atom. The van der Waals surface area contributed by atoms with Crippen LogP contribution in [0.4, 0.5) is 5.69 Å². The molecule has 31 heavy (non-hydrogen) atoms. The average Bonchev–Trinajstić information content (AvgIpc) is 3.20. The molecule has 1 atom stereocenters. The monoisotopic (exact) mass is 441 g/mol. The smallest absolute Gasteiger partial charge is 0.254 e. The summed E-state index contributed by atoms with van der Waals surface area (Å²) in [6.07, 6.45) is 1.63. The summed E-state index contributed by atoms with van der Waals surface area (Å²) in [4.78, 5) is 28.8. The lowest BCUT2D eigenvalue weighted by molar-refractivity contribution is -0.161. The van der Waals surface area contributed by atoms with Gasteiger partial charge in [-0.05, 0) is 43.5 Å². The number of carbonyl (C=O) groups is 2. The molecule has 7 nitrogen and oxygen atoms in total. The molecule has 8 heteroatoms. The first-order chi connectivity index (χ1) is 14.9. The van der Waals surface area contributed by atoms with E-state index in [0.29, 0.717) is 55.4 Å². The summed E-state index contributed by atoms with van der Waals surface area (Å²) in [5, 5.41) is 14.2. The Hall–Kier alpha value is -2.77. The van der Waals surface area contributed by atoms with Gasteiger partial charge in [0, 0.05) is 48.4 Å². The van der Waals surface area contributed by atoms with Gasteiger partial charge >= 0.3 is 0 Å². The van der Waals surface area contributed by atoms with E-state index >= 15 is 0 Å². The van der Waals surface area contributed by atoms with Gasteiger partial charge < -0.3 is 25.0 Å². The summed E-state index contributed by atoms with van der Waals surface area (Å²) in [5.74, 6) is 0.453. The Labute approximate surface area is 185 Å². The molecule has 2 N–H and O–H groups in total. The number of nitrogens with zero attached hydrogens (tertiary/aromatic N) is 2. The second-order valence-electron chi connectivity index (χ2n) is 8.37. The largest absolute Gasteiger partial charge is 0.464 e. The number of carbonyl (C=O) groups excluding carboxylic acids is 2. The summed E-state index contributed by atoms with van der Waals surface area (Å²) >= 11 is 6.02. The van der Waals surface area contributed by atoms with Crippen molar-refractivity contribution < 1.29 is 19.4 Å². The van der Waals surface area contributed by atoms with Crippen LogP contribution in [0.25, 0.3) is 0 Å². The molecule has 0 spiro atoms. The second-order valence-corrected chi connectivity index (χ2v) is 8.81. The van der Waals surface area contributed by atoms with Gasteiger partial charge in [-0.3, -0.25) is 9.59 Å². The van der Waals surface area contributed by atoms with Crippen LogP contribution in [0.1, 0.15) is 41.4 Å². The lowest BCUT2D eigenvalue weighted by atomic mass is 9.79. The minimum atomic E-state index is -1.18. The Morgan fingerprint density at radius 2 is 1.71 bits per heavy atom. The highest BCUT2D eigenvalue weighted by Gasteiger charge is 2.45. The Kier molecular flexibility index (Phi) is 5.02. The number of rotatable bonds is 3. The van der Waals surface area contributed by atoms with E-state index in [-0.39, 0.29) is 18.0 Å². The highest BCUT2D eigenvalue weighted by atomic mass is 35.5. The molecule has 1 aliphatic carbocycles. The first-order valence-electron chi connectivity index (χ1n) is 10.6. The summed E-state index contributed by atoms with van der Waals surface area (Å²) in [6, 6.07) is 12.8. The zero-order valence-corrected chi connectivity index (χ0v) is 17.8. The zero-order valence-electron chi connectivity index (χ0n) is 17.0. The molecule has 2 aromatic rings. The van der Waals surface area contributed by atoms with Gasteiger partial charge in [0.15, 0.2) is 6.23 Å². The van der Waals surface area contributed by atoms with Crippen molar-refractivity contribution in [3.8, 4) is 5.75 Å². The van der Waals surface area contributed by atoms with Gasteiger partial charge in [-0.2, -0.15) is 0 Å². The number of ether oxygens (including phenoxy) is 1. The summed E-state index contributed by atoms with van der Waals surface area (Å²) < 4.78 is 5.92. The van der Waals surface area contributed by atoms with E-state index in [4.69, 9.17) is 16.3 Å². The van der Waals surface area contributed by atoms with Crippen LogP contribution in [0, 0.1) is 0 Å². The number of nitrogens with one attached hydrogen (secondary N) is 1. The number of hydrogen-bond donors (Lipinski definition) is 2. The van der Waals surface area contributed by atoms with E-state index in [9.17, 15) is 14.7 Å². The van der Waals surface area contributed by atoms with Gasteiger partial charge in [-0.25, -0.2) is 0 Å². The fourth-order valence-corrected chi connectivity index (χ4v) is 4.44.